The van der Waals surface area contributed by atoms with Crippen LogP contribution in [0.1, 0.15) is 33.3 Å². The second-order valence-electron chi connectivity index (χ2n) is 7.42. The van der Waals surface area contributed by atoms with Crippen molar-refractivity contribution in [2.45, 2.75) is 39.2 Å². The number of allylic oxidation sites excluding steroid dienone is 1. The Morgan fingerprint density at radius 2 is 1.94 bits per heavy atom. The Labute approximate surface area is 180 Å². The first-order valence-corrected chi connectivity index (χ1v) is 10.0. The average Bonchev–Trinajstić information content (AvgIpc) is 2.91. The summed E-state index contributed by atoms with van der Waals surface area (Å²) in [5.74, 6) is -2.35. The summed E-state index contributed by atoms with van der Waals surface area (Å²) in [7, 11) is 0. The summed E-state index contributed by atoms with van der Waals surface area (Å²) >= 11 is 0. The first kappa shape index (κ1) is 22.1. The zero-order valence-electron chi connectivity index (χ0n) is 18.1. The molecule has 1 amide bonds. The van der Waals surface area contributed by atoms with Gasteiger partial charge in [-0.3, -0.25) is 4.79 Å². The molecule has 164 valence electrons. The van der Waals surface area contributed by atoms with E-state index in [2.05, 4.69) is 6.58 Å². The van der Waals surface area contributed by atoms with Gasteiger partial charge in [0.15, 0.2) is 0 Å². The number of ether oxygens (including phenoxy) is 3. The summed E-state index contributed by atoms with van der Waals surface area (Å²) < 4.78 is 16.2. The molecule has 2 aliphatic heterocycles. The molecule has 0 saturated carbocycles. The smallest absolute Gasteiger partial charge is 0.341 e. The van der Waals surface area contributed by atoms with Crippen molar-refractivity contribution in [1.29, 1.82) is 0 Å². The molecule has 1 aromatic rings. The van der Waals surface area contributed by atoms with Crippen LogP contribution in [0.2, 0.25) is 0 Å². The molecule has 0 fully saturated rings. The third-order valence-corrected chi connectivity index (χ3v) is 5.11. The van der Waals surface area contributed by atoms with Crippen molar-refractivity contribution in [3.05, 3.63) is 65.3 Å². The van der Waals surface area contributed by atoms with Gasteiger partial charge < -0.3 is 24.8 Å². The molecule has 0 saturated heterocycles. The Balaban J connectivity index is 2.41. The standard InChI is InChI=1S/C23H26N2O6/c1-6-12-25-16-11-9-8-10-15(16)23(22(25)28)17(21(27)30-13(3)4)14(5)31-19(24)18(23)20(26)29-7-2/h6,8-11,13H,1,7,12,24H2,2-5H3. The van der Waals surface area contributed by atoms with Crippen molar-refractivity contribution in [2.75, 3.05) is 18.1 Å². The van der Waals surface area contributed by atoms with Crippen molar-refractivity contribution < 1.29 is 28.6 Å². The number of fused-ring (bicyclic) bond motifs is 2. The number of nitrogens with two attached hydrogens (primary N) is 1. The molecular formula is C23H26N2O6. The van der Waals surface area contributed by atoms with Crippen LogP contribution >= 0.6 is 0 Å². The fraction of sp³-hybridized carbons (Fsp3) is 0.348. The summed E-state index contributed by atoms with van der Waals surface area (Å²) in [5.41, 5.74) is 4.90. The van der Waals surface area contributed by atoms with Crippen LogP contribution in [0.15, 0.2) is 59.7 Å². The van der Waals surface area contributed by atoms with E-state index in [0.29, 0.717) is 11.3 Å². The maximum absolute atomic E-state index is 14.0. The molecular weight excluding hydrogens is 400 g/mol. The molecule has 1 aromatic carbocycles. The molecule has 0 radical (unpaired) electrons. The molecule has 2 N–H and O–H groups in total. The molecule has 1 spiro atoms. The lowest BCUT2D eigenvalue weighted by Gasteiger charge is -2.36. The Kier molecular flexibility index (Phi) is 5.92. The Hall–Kier alpha value is -3.55. The van der Waals surface area contributed by atoms with E-state index in [1.54, 1.807) is 51.1 Å². The van der Waals surface area contributed by atoms with Gasteiger partial charge in [-0.2, -0.15) is 0 Å². The number of amides is 1. The number of anilines is 1. The van der Waals surface area contributed by atoms with Gasteiger partial charge >= 0.3 is 11.9 Å². The number of nitrogens with zero attached hydrogens (tertiary/aromatic N) is 1. The van der Waals surface area contributed by atoms with E-state index in [1.807, 2.05) is 0 Å². The lowest BCUT2D eigenvalue weighted by molar-refractivity contribution is -0.146. The number of benzene rings is 1. The van der Waals surface area contributed by atoms with Crippen LogP contribution in [0.5, 0.6) is 0 Å². The number of esters is 2. The van der Waals surface area contributed by atoms with Gasteiger partial charge in [-0.25, -0.2) is 9.59 Å². The molecule has 2 aliphatic rings. The van der Waals surface area contributed by atoms with E-state index >= 15 is 0 Å². The van der Waals surface area contributed by atoms with Crippen LogP contribution in [-0.4, -0.2) is 37.1 Å². The van der Waals surface area contributed by atoms with Crippen molar-refractivity contribution >= 4 is 23.5 Å². The Morgan fingerprint density at radius 3 is 2.55 bits per heavy atom. The highest BCUT2D eigenvalue weighted by atomic mass is 16.6. The van der Waals surface area contributed by atoms with Crippen LogP contribution in [0.3, 0.4) is 0 Å². The average molecular weight is 426 g/mol. The lowest BCUT2D eigenvalue weighted by atomic mass is 9.67. The van der Waals surface area contributed by atoms with E-state index in [0.717, 1.165) is 0 Å². The first-order valence-electron chi connectivity index (χ1n) is 10.0. The zero-order valence-corrected chi connectivity index (χ0v) is 18.1. The number of para-hydroxylation sites is 1. The monoisotopic (exact) mass is 426 g/mol. The van der Waals surface area contributed by atoms with Crippen LogP contribution in [0.4, 0.5) is 5.69 Å². The minimum atomic E-state index is -1.86. The Morgan fingerprint density at radius 1 is 1.26 bits per heavy atom. The highest BCUT2D eigenvalue weighted by molar-refractivity contribution is 6.22. The SMILES string of the molecule is C=CCN1C(=O)C2(C(C(=O)OC(C)C)=C(C)OC(N)=C2C(=O)OCC)c2ccccc21. The highest BCUT2D eigenvalue weighted by Gasteiger charge is 2.63. The molecule has 8 nitrogen and oxygen atoms in total. The fourth-order valence-corrected chi connectivity index (χ4v) is 4.11. The van der Waals surface area contributed by atoms with Crippen molar-refractivity contribution in [2.24, 2.45) is 5.73 Å². The normalized spacial score (nSPS) is 20.2. The first-order chi connectivity index (χ1) is 14.7. The van der Waals surface area contributed by atoms with Crippen molar-refractivity contribution in [3.8, 4) is 0 Å². The summed E-state index contributed by atoms with van der Waals surface area (Å²) in [6.07, 6.45) is 1.10. The van der Waals surface area contributed by atoms with Crippen molar-refractivity contribution in [1.82, 2.24) is 0 Å². The molecule has 0 aliphatic carbocycles. The molecule has 0 aromatic heterocycles. The molecule has 2 heterocycles. The topological polar surface area (TPSA) is 108 Å². The largest absolute Gasteiger partial charge is 0.462 e. The van der Waals surface area contributed by atoms with Crippen LogP contribution in [-0.2, 0) is 34.0 Å². The number of hydrogen-bond acceptors (Lipinski definition) is 7. The van der Waals surface area contributed by atoms with E-state index in [-0.39, 0.29) is 35.9 Å². The maximum Gasteiger partial charge on any atom is 0.341 e. The quantitative estimate of drug-likeness (QED) is 0.550. The van der Waals surface area contributed by atoms with Gasteiger partial charge in [0.05, 0.1) is 12.7 Å². The lowest BCUT2D eigenvalue weighted by Crippen LogP contribution is -2.51. The molecule has 31 heavy (non-hydrogen) atoms. The molecule has 8 heteroatoms. The maximum atomic E-state index is 14.0. The van der Waals surface area contributed by atoms with Gasteiger partial charge in [0.2, 0.25) is 11.8 Å². The molecule has 1 atom stereocenters. The Bertz CT molecular complexity index is 1020. The summed E-state index contributed by atoms with van der Waals surface area (Å²) in [4.78, 5) is 41.8. The van der Waals surface area contributed by atoms with Gasteiger partial charge in [-0.05, 0) is 33.8 Å². The van der Waals surface area contributed by atoms with Crippen molar-refractivity contribution in [3.63, 3.8) is 0 Å². The van der Waals surface area contributed by atoms with Gasteiger partial charge in [-0.15, -0.1) is 6.58 Å². The van der Waals surface area contributed by atoms with Gasteiger partial charge in [0.25, 0.3) is 0 Å². The highest BCUT2D eigenvalue weighted by Crippen LogP contribution is 2.54. The third kappa shape index (κ3) is 3.28. The van der Waals surface area contributed by atoms with E-state index in [4.69, 9.17) is 19.9 Å². The minimum Gasteiger partial charge on any atom is -0.462 e. The van der Waals surface area contributed by atoms with Gasteiger partial charge in [-0.1, -0.05) is 24.3 Å². The second kappa shape index (κ2) is 8.29. The van der Waals surface area contributed by atoms with Crippen LogP contribution < -0.4 is 10.6 Å². The second-order valence-corrected chi connectivity index (χ2v) is 7.42. The molecule has 1 unspecified atom stereocenters. The van der Waals surface area contributed by atoms with Crippen LogP contribution in [0, 0.1) is 0 Å². The molecule has 3 rings (SSSR count). The number of rotatable bonds is 6. The number of carbonyl (C=O) groups excluding carboxylic acids is 3. The predicted molar refractivity (Wildman–Crippen MR) is 114 cm³/mol. The zero-order chi connectivity index (χ0) is 22.9. The third-order valence-electron chi connectivity index (χ3n) is 5.11. The molecule has 0 bridgehead atoms. The van der Waals surface area contributed by atoms with Crippen LogP contribution in [0.25, 0.3) is 0 Å². The number of hydrogen-bond donors (Lipinski definition) is 1. The predicted octanol–water partition coefficient (Wildman–Crippen LogP) is 2.45. The summed E-state index contributed by atoms with van der Waals surface area (Å²) in [5, 5.41) is 0. The summed E-state index contributed by atoms with van der Waals surface area (Å²) in [6.45, 7) is 10.5. The van der Waals surface area contributed by atoms with E-state index in [9.17, 15) is 14.4 Å². The fourth-order valence-electron chi connectivity index (χ4n) is 4.11. The van der Waals surface area contributed by atoms with Gasteiger partial charge in [0, 0.05) is 17.8 Å². The minimum absolute atomic E-state index is 0.0480. The van der Waals surface area contributed by atoms with Gasteiger partial charge in [0.1, 0.15) is 22.3 Å². The van der Waals surface area contributed by atoms with E-state index in [1.165, 1.54) is 11.8 Å². The van der Waals surface area contributed by atoms with E-state index < -0.39 is 29.4 Å². The number of carbonyl (C=O) groups is 3. The summed E-state index contributed by atoms with van der Waals surface area (Å²) in [6, 6.07) is 6.91.